The van der Waals surface area contributed by atoms with Crippen LogP contribution in [0.3, 0.4) is 0 Å². The summed E-state index contributed by atoms with van der Waals surface area (Å²) >= 11 is 0. The van der Waals surface area contributed by atoms with Gasteiger partial charge in [0.05, 0.1) is 24.5 Å². The molecule has 4 aliphatic rings. The first kappa shape index (κ1) is 30.3. The number of aromatic nitrogens is 3. The van der Waals surface area contributed by atoms with Crippen LogP contribution in [0.4, 0.5) is 5.82 Å². The van der Waals surface area contributed by atoms with Crippen LogP contribution in [0.2, 0.25) is 0 Å². The van der Waals surface area contributed by atoms with Gasteiger partial charge in [-0.25, -0.2) is 4.98 Å². The molecule has 2 aromatic carbocycles. The van der Waals surface area contributed by atoms with E-state index in [-0.39, 0.29) is 29.3 Å². The topological polar surface area (TPSA) is 102 Å². The molecule has 9 heteroatoms. The van der Waals surface area contributed by atoms with Crippen LogP contribution in [0.5, 0.6) is 0 Å². The zero-order valence-corrected chi connectivity index (χ0v) is 27.5. The highest BCUT2D eigenvalue weighted by Crippen LogP contribution is 2.59. The molecule has 2 spiro atoms. The number of likely N-dealkylation sites (N-methyl/N-ethyl adjacent to an activating group) is 1. The van der Waals surface area contributed by atoms with E-state index >= 15 is 0 Å². The largest absolute Gasteiger partial charge is 0.383 e. The summed E-state index contributed by atoms with van der Waals surface area (Å²) in [4.78, 5) is 22.9. The van der Waals surface area contributed by atoms with Crippen molar-refractivity contribution in [2.45, 2.75) is 69.4 Å². The number of nitrogens with one attached hydrogen (secondary N) is 1. The van der Waals surface area contributed by atoms with E-state index in [0.29, 0.717) is 17.7 Å². The van der Waals surface area contributed by atoms with Gasteiger partial charge in [0.15, 0.2) is 0 Å². The minimum atomic E-state index is -0.174. The van der Waals surface area contributed by atoms with Gasteiger partial charge in [0.25, 0.3) is 5.91 Å². The summed E-state index contributed by atoms with van der Waals surface area (Å²) in [5, 5.41) is 7.53. The molecule has 8 rings (SSSR count). The van der Waals surface area contributed by atoms with Gasteiger partial charge in [-0.3, -0.25) is 14.4 Å². The van der Waals surface area contributed by atoms with E-state index in [9.17, 15) is 4.79 Å². The summed E-state index contributed by atoms with van der Waals surface area (Å²) in [6.07, 6.45) is 12.2. The number of benzene rings is 2. The fourth-order valence-electron chi connectivity index (χ4n) is 8.16. The number of anilines is 1. The maximum absolute atomic E-state index is 13.4. The molecular weight excluding hydrogens is 586 g/mol. The van der Waals surface area contributed by atoms with Crippen LogP contribution in [0, 0.1) is 5.41 Å². The average Bonchev–Trinajstić information content (AvgIpc) is 3.90. The van der Waals surface area contributed by atoms with Crippen molar-refractivity contribution in [3.05, 3.63) is 89.9 Å². The molecule has 47 heavy (non-hydrogen) atoms. The third kappa shape index (κ3) is 5.96. The predicted molar refractivity (Wildman–Crippen MR) is 183 cm³/mol. The molecule has 1 aliphatic heterocycles. The highest BCUT2D eigenvalue weighted by Gasteiger charge is 2.62. The lowest BCUT2D eigenvalue weighted by Crippen LogP contribution is -2.53. The van der Waals surface area contributed by atoms with Crippen molar-refractivity contribution in [1.29, 1.82) is 0 Å². The van der Waals surface area contributed by atoms with Crippen molar-refractivity contribution in [3.63, 3.8) is 0 Å². The van der Waals surface area contributed by atoms with Crippen LogP contribution in [0.25, 0.3) is 22.3 Å². The molecule has 1 saturated heterocycles. The highest BCUT2D eigenvalue weighted by atomic mass is 16.5. The summed E-state index contributed by atoms with van der Waals surface area (Å²) in [6.45, 7) is 5.14. The molecule has 9 nitrogen and oxygen atoms in total. The van der Waals surface area contributed by atoms with Gasteiger partial charge < -0.3 is 20.7 Å². The second-order valence-corrected chi connectivity index (χ2v) is 14.5. The minimum absolute atomic E-state index is 0.00374. The predicted octanol–water partition coefficient (Wildman–Crippen LogP) is 5.27. The number of nitrogens with zero attached hydrogens (tertiary/aromatic N) is 5. The van der Waals surface area contributed by atoms with Crippen molar-refractivity contribution in [3.8, 4) is 22.3 Å². The van der Waals surface area contributed by atoms with Gasteiger partial charge in [-0.2, -0.15) is 5.10 Å². The lowest BCUT2D eigenvalue weighted by Gasteiger charge is -2.40. The van der Waals surface area contributed by atoms with Gasteiger partial charge in [-0.15, -0.1) is 0 Å². The van der Waals surface area contributed by atoms with E-state index in [1.165, 1.54) is 41.6 Å². The second-order valence-electron chi connectivity index (χ2n) is 14.5. The summed E-state index contributed by atoms with van der Waals surface area (Å²) < 4.78 is 8.18. The number of ether oxygens (including phenoxy) is 1. The number of rotatable bonds is 9. The molecule has 3 atom stereocenters. The number of carbonyl (C=O) groups is 1. The Labute approximate surface area is 277 Å². The minimum Gasteiger partial charge on any atom is -0.383 e. The van der Waals surface area contributed by atoms with Crippen LogP contribution in [0.15, 0.2) is 73.2 Å². The molecule has 3 saturated carbocycles. The summed E-state index contributed by atoms with van der Waals surface area (Å²) in [5.74, 6) is 0.0646. The van der Waals surface area contributed by atoms with E-state index in [2.05, 4.69) is 80.8 Å². The Kier molecular flexibility index (Phi) is 7.66. The molecule has 3 unspecified atom stereocenters. The number of hydrogen-bond acceptors (Lipinski definition) is 7. The molecule has 244 valence electrons. The number of nitrogens with two attached hydrogens (primary N) is 1. The summed E-state index contributed by atoms with van der Waals surface area (Å²) in [5.41, 5.74) is 13.7. The van der Waals surface area contributed by atoms with Crippen molar-refractivity contribution in [2.24, 2.45) is 12.5 Å². The Morgan fingerprint density at radius 2 is 1.70 bits per heavy atom. The molecule has 4 aromatic rings. The highest BCUT2D eigenvalue weighted by molar-refractivity contribution is 5.99. The maximum Gasteiger partial charge on any atom is 0.255 e. The van der Waals surface area contributed by atoms with Gasteiger partial charge in [-0.1, -0.05) is 55.0 Å². The number of piperazine rings is 1. The van der Waals surface area contributed by atoms with Crippen molar-refractivity contribution in [1.82, 2.24) is 29.9 Å². The van der Waals surface area contributed by atoms with Crippen LogP contribution >= 0.6 is 0 Å². The van der Waals surface area contributed by atoms with Crippen LogP contribution in [0.1, 0.15) is 60.0 Å². The molecule has 1 amide bonds. The van der Waals surface area contributed by atoms with Crippen LogP contribution in [-0.4, -0.2) is 74.8 Å². The quantitative estimate of drug-likeness (QED) is 0.260. The monoisotopic (exact) mass is 631 g/mol. The number of aryl methyl sites for hydroxylation is 1. The maximum atomic E-state index is 13.4. The van der Waals surface area contributed by atoms with Crippen molar-refractivity contribution in [2.75, 3.05) is 32.4 Å². The van der Waals surface area contributed by atoms with Gasteiger partial charge in [0.1, 0.15) is 5.82 Å². The Bertz CT molecular complexity index is 1760. The van der Waals surface area contributed by atoms with E-state index in [4.69, 9.17) is 10.5 Å². The van der Waals surface area contributed by atoms with E-state index in [1.54, 1.807) is 17.1 Å². The zero-order valence-electron chi connectivity index (χ0n) is 27.5. The van der Waals surface area contributed by atoms with E-state index in [0.717, 1.165) is 56.4 Å². The standard InChI is InChI=1S/C38H45N7O2/c1-43-16-17-45(37(25-43)14-15-37)22-26-5-9-28(10-6-26)29-11-7-27(8-12-29)24-47-34-19-38(34)13-3-4-33(38)42-36(46)32-18-30(20-40-35(32)39)31-21-41-44(2)23-31/h5-12,18,20-21,23,33-34H,3-4,13-17,19,22,24-25H2,1-2H3,(H2,39,40)(H,42,46). The number of nitrogen functional groups attached to an aromatic ring is 1. The molecule has 3 heterocycles. The summed E-state index contributed by atoms with van der Waals surface area (Å²) in [6, 6.07) is 19.8. The Hall–Kier alpha value is -4.05. The van der Waals surface area contributed by atoms with E-state index < -0.39 is 0 Å². The summed E-state index contributed by atoms with van der Waals surface area (Å²) in [7, 11) is 4.11. The average molecular weight is 632 g/mol. The van der Waals surface area contributed by atoms with Gasteiger partial charge in [-0.05, 0) is 67.5 Å². The normalized spacial score (nSPS) is 25.0. The third-order valence-electron chi connectivity index (χ3n) is 11.3. The van der Waals surface area contributed by atoms with Crippen molar-refractivity contribution < 1.29 is 9.53 Å². The number of hydrogen-bond donors (Lipinski definition) is 2. The Morgan fingerprint density at radius 1 is 0.957 bits per heavy atom. The first-order chi connectivity index (χ1) is 22.8. The zero-order chi connectivity index (χ0) is 32.2. The Morgan fingerprint density at radius 3 is 2.40 bits per heavy atom. The second kappa shape index (κ2) is 11.9. The molecule has 0 bridgehead atoms. The van der Waals surface area contributed by atoms with Crippen LogP contribution < -0.4 is 11.1 Å². The van der Waals surface area contributed by atoms with Crippen molar-refractivity contribution >= 4 is 11.7 Å². The molecule has 0 radical (unpaired) electrons. The van der Waals surface area contributed by atoms with Gasteiger partial charge >= 0.3 is 0 Å². The van der Waals surface area contributed by atoms with Crippen LogP contribution in [-0.2, 0) is 24.9 Å². The molecular formula is C38H45N7O2. The first-order valence-electron chi connectivity index (χ1n) is 17.1. The molecule has 3 N–H and O–H groups in total. The lowest BCUT2D eigenvalue weighted by atomic mass is 9.99. The number of pyridine rings is 1. The first-order valence-corrected chi connectivity index (χ1v) is 17.1. The SMILES string of the molecule is CN1CCN(Cc2ccc(-c3ccc(COC4CC45CCCC5NC(=O)c4cc(-c5cnn(C)c5)cnc4N)cc3)cc2)C2(CC2)C1. The fraction of sp³-hybridized carbons (Fsp3) is 0.447. The number of carbonyl (C=O) groups excluding carboxylic acids is 1. The van der Waals surface area contributed by atoms with E-state index in [1.807, 2.05) is 19.3 Å². The number of amides is 1. The Balaban J connectivity index is 0.853. The molecule has 4 fully saturated rings. The fourth-order valence-corrected chi connectivity index (χ4v) is 8.16. The van der Waals surface area contributed by atoms with Gasteiger partial charge in [0.2, 0.25) is 0 Å². The lowest BCUT2D eigenvalue weighted by molar-refractivity contribution is 0.0674. The van der Waals surface area contributed by atoms with Gasteiger partial charge in [0, 0.05) is 73.7 Å². The molecule has 3 aliphatic carbocycles. The smallest absolute Gasteiger partial charge is 0.255 e. The third-order valence-corrected chi connectivity index (χ3v) is 11.3. The molecule has 2 aromatic heterocycles.